The highest BCUT2D eigenvalue weighted by Crippen LogP contribution is 1.90. The molecule has 52 valence electrons. The number of carboxylic acids is 1. The number of carbonyl (C=O) groups is 2. The standard InChI is InChI=1S/C5H4N2O3/c8-4(5(9)10)3-1-6-2-7-3/h1-2H,(H,6,7)(H,9,10)/p-1. The number of imidazole rings is 1. The molecule has 0 aliphatic rings. The number of carboxylic acid groups (broad SMARTS) is 1. The lowest BCUT2D eigenvalue weighted by molar-refractivity contribution is -0.296. The lowest BCUT2D eigenvalue weighted by Crippen LogP contribution is -2.31. The van der Waals surface area contributed by atoms with Crippen LogP contribution >= 0.6 is 0 Å². The molecular weight excluding hydrogens is 136 g/mol. The van der Waals surface area contributed by atoms with E-state index in [-0.39, 0.29) is 5.69 Å². The van der Waals surface area contributed by atoms with Gasteiger partial charge in [0.05, 0.1) is 12.5 Å². The summed E-state index contributed by atoms with van der Waals surface area (Å²) in [5.74, 6) is -2.82. The molecule has 0 bridgehead atoms. The third-order valence-corrected chi connectivity index (χ3v) is 0.928. The first-order valence-electron chi connectivity index (χ1n) is 2.46. The summed E-state index contributed by atoms with van der Waals surface area (Å²) in [7, 11) is 0. The summed E-state index contributed by atoms with van der Waals surface area (Å²) in [6.07, 6.45) is 2.34. The number of hydrogen-bond donors (Lipinski definition) is 1. The highest BCUT2D eigenvalue weighted by molar-refractivity contribution is 6.38. The van der Waals surface area contributed by atoms with E-state index >= 15 is 0 Å². The minimum atomic E-state index is -1.73. The molecule has 0 saturated heterocycles. The summed E-state index contributed by atoms with van der Waals surface area (Å²) in [6.45, 7) is 0. The average molecular weight is 139 g/mol. The summed E-state index contributed by atoms with van der Waals surface area (Å²) in [5, 5.41) is 9.89. The Morgan fingerprint density at radius 3 is 2.70 bits per heavy atom. The SMILES string of the molecule is O=C([O-])C(=O)c1cnc[nH]1. The van der Waals surface area contributed by atoms with Crippen LogP contribution in [0.1, 0.15) is 10.5 Å². The van der Waals surface area contributed by atoms with Crippen molar-refractivity contribution in [3.8, 4) is 0 Å². The number of rotatable bonds is 2. The molecular formula is C5H3N2O3-. The van der Waals surface area contributed by atoms with Crippen molar-refractivity contribution in [2.75, 3.05) is 0 Å². The van der Waals surface area contributed by atoms with Crippen molar-refractivity contribution in [1.29, 1.82) is 0 Å². The van der Waals surface area contributed by atoms with Crippen molar-refractivity contribution in [3.63, 3.8) is 0 Å². The third kappa shape index (κ3) is 1.02. The fourth-order valence-electron chi connectivity index (χ4n) is 0.490. The Hall–Kier alpha value is -1.65. The van der Waals surface area contributed by atoms with Crippen molar-refractivity contribution < 1.29 is 14.7 Å². The molecule has 0 aliphatic carbocycles. The second-order valence-electron chi connectivity index (χ2n) is 1.58. The van der Waals surface area contributed by atoms with Gasteiger partial charge in [0.25, 0.3) is 0 Å². The van der Waals surface area contributed by atoms with Crippen LogP contribution in [0.5, 0.6) is 0 Å². The van der Waals surface area contributed by atoms with Crippen LogP contribution in [-0.2, 0) is 4.79 Å². The third-order valence-electron chi connectivity index (χ3n) is 0.928. The molecule has 0 spiro atoms. The fourth-order valence-corrected chi connectivity index (χ4v) is 0.490. The van der Waals surface area contributed by atoms with Gasteiger partial charge in [-0.25, -0.2) is 4.98 Å². The quantitative estimate of drug-likeness (QED) is 0.392. The van der Waals surface area contributed by atoms with Crippen molar-refractivity contribution in [2.24, 2.45) is 0 Å². The van der Waals surface area contributed by atoms with Gasteiger partial charge in [-0.05, 0) is 0 Å². The molecule has 1 rings (SSSR count). The second kappa shape index (κ2) is 2.30. The first-order chi connectivity index (χ1) is 4.72. The van der Waals surface area contributed by atoms with E-state index in [1.54, 1.807) is 0 Å². The van der Waals surface area contributed by atoms with Crippen LogP contribution in [0.4, 0.5) is 0 Å². The summed E-state index contributed by atoms with van der Waals surface area (Å²) >= 11 is 0. The number of Topliss-reactive ketones (excluding diaryl/α,β-unsaturated/α-hetero) is 1. The van der Waals surface area contributed by atoms with Gasteiger partial charge in [0.15, 0.2) is 0 Å². The Labute approximate surface area is 55.7 Å². The van der Waals surface area contributed by atoms with Gasteiger partial charge in [-0.15, -0.1) is 0 Å². The van der Waals surface area contributed by atoms with Crippen molar-refractivity contribution in [1.82, 2.24) is 9.97 Å². The number of aliphatic carboxylic acids is 1. The van der Waals surface area contributed by atoms with E-state index in [0.717, 1.165) is 6.20 Å². The van der Waals surface area contributed by atoms with E-state index in [1.807, 2.05) is 0 Å². The molecule has 0 saturated carbocycles. The Balaban J connectivity index is 2.88. The molecule has 0 fully saturated rings. The Kier molecular flexibility index (Phi) is 1.49. The number of aromatic nitrogens is 2. The van der Waals surface area contributed by atoms with Crippen LogP contribution in [0.3, 0.4) is 0 Å². The first kappa shape index (κ1) is 6.47. The molecule has 1 N–H and O–H groups in total. The molecule has 10 heavy (non-hydrogen) atoms. The molecule has 0 atom stereocenters. The highest BCUT2D eigenvalue weighted by Gasteiger charge is 2.06. The molecule has 0 aromatic carbocycles. The first-order valence-corrected chi connectivity index (χ1v) is 2.46. The Bertz CT molecular complexity index is 252. The summed E-state index contributed by atoms with van der Waals surface area (Å²) in [6, 6.07) is 0. The van der Waals surface area contributed by atoms with Crippen LogP contribution in [0.2, 0.25) is 0 Å². The van der Waals surface area contributed by atoms with Crippen molar-refractivity contribution >= 4 is 11.8 Å². The molecule has 5 nitrogen and oxygen atoms in total. The predicted octanol–water partition coefficient (Wildman–Crippen LogP) is -1.66. The summed E-state index contributed by atoms with van der Waals surface area (Å²) in [5.41, 5.74) is -0.0694. The zero-order valence-electron chi connectivity index (χ0n) is 4.83. The van der Waals surface area contributed by atoms with Crippen LogP contribution in [0, 0.1) is 0 Å². The van der Waals surface area contributed by atoms with Crippen LogP contribution in [0.25, 0.3) is 0 Å². The molecule has 0 amide bonds. The van der Waals surface area contributed by atoms with Gasteiger partial charge in [0.2, 0.25) is 5.78 Å². The van der Waals surface area contributed by atoms with Gasteiger partial charge in [-0.2, -0.15) is 0 Å². The van der Waals surface area contributed by atoms with Gasteiger partial charge < -0.3 is 14.9 Å². The molecule has 1 aromatic rings. The molecule has 5 heteroatoms. The zero-order valence-corrected chi connectivity index (χ0v) is 4.83. The number of aromatic amines is 1. The molecule has 0 aliphatic heterocycles. The molecule has 0 radical (unpaired) electrons. The Morgan fingerprint density at radius 2 is 2.30 bits per heavy atom. The number of nitrogens with zero attached hydrogens (tertiary/aromatic N) is 1. The molecule has 1 aromatic heterocycles. The smallest absolute Gasteiger partial charge is 0.226 e. The summed E-state index contributed by atoms with van der Waals surface area (Å²) < 4.78 is 0. The van der Waals surface area contributed by atoms with E-state index in [4.69, 9.17) is 0 Å². The number of ketones is 1. The van der Waals surface area contributed by atoms with Gasteiger partial charge in [0.1, 0.15) is 11.7 Å². The lowest BCUT2D eigenvalue weighted by Gasteiger charge is -1.94. The maximum absolute atomic E-state index is 10.5. The number of hydrogen-bond acceptors (Lipinski definition) is 4. The van der Waals surface area contributed by atoms with E-state index in [0.29, 0.717) is 0 Å². The predicted molar refractivity (Wildman–Crippen MR) is 27.9 cm³/mol. The van der Waals surface area contributed by atoms with Crippen LogP contribution < -0.4 is 5.11 Å². The fraction of sp³-hybridized carbons (Fsp3) is 0. The number of carbonyl (C=O) groups excluding carboxylic acids is 2. The van der Waals surface area contributed by atoms with Crippen molar-refractivity contribution in [2.45, 2.75) is 0 Å². The van der Waals surface area contributed by atoms with E-state index < -0.39 is 11.8 Å². The van der Waals surface area contributed by atoms with E-state index in [2.05, 4.69) is 9.97 Å². The second-order valence-corrected chi connectivity index (χ2v) is 1.58. The molecule has 0 unspecified atom stereocenters. The maximum atomic E-state index is 10.5. The van der Waals surface area contributed by atoms with Gasteiger partial charge in [-0.1, -0.05) is 0 Å². The molecule has 1 heterocycles. The average Bonchev–Trinajstić information content (AvgIpc) is 2.36. The summed E-state index contributed by atoms with van der Waals surface area (Å²) in [4.78, 5) is 26.2. The zero-order chi connectivity index (χ0) is 7.56. The van der Waals surface area contributed by atoms with Gasteiger partial charge in [-0.3, -0.25) is 4.79 Å². The van der Waals surface area contributed by atoms with Crippen molar-refractivity contribution in [3.05, 3.63) is 18.2 Å². The normalized spacial score (nSPS) is 9.20. The van der Waals surface area contributed by atoms with E-state index in [1.165, 1.54) is 6.33 Å². The van der Waals surface area contributed by atoms with Gasteiger partial charge >= 0.3 is 0 Å². The number of nitrogens with one attached hydrogen (secondary N) is 1. The van der Waals surface area contributed by atoms with Gasteiger partial charge in [0, 0.05) is 0 Å². The van der Waals surface area contributed by atoms with Crippen LogP contribution in [0.15, 0.2) is 12.5 Å². The minimum Gasteiger partial charge on any atom is -0.541 e. The largest absolute Gasteiger partial charge is 0.541 e. The van der Waals surface area contributed by atoms with E-state index in [9.17, 15) is 14.7 Å². The Morgan fingerprint density at radius 1 is 1.60 bits per heavy atom. The minimum absolute atomic E-state index is 0.0694. The monoisotopic (exact) mass is 139 g/mol. The highest BCUT2D eigenvalue weighted by atomic mass is 16.4. The van der Waals surface area contributed by atoms with Crippen LogP contribution in [-0.4, -0.2) is 21.7 Å². The number of H-pyrrole nitrogens is 1. The topological polar surface area (TPSA) is 85.9 Å². The maximum Gasteiger partial charge on any atom is 0.226 e. The lowest BCUT2D eigenvalue weighted by atomic mass is 10.3.